The van der Waals surface area contributed by atoms with E-state index in [4.69, 9.17) is 11.6 Å². The summed E-state index contributed by atoms with van der Waals surface area (Å²) in [4.78, 5) is 26.1. The van der Waals surface area contributed by atoms with E-state index in [9.17, 15) is 9.59 Å². The molecule has 0 unspecified atom stereocenters. The summed E-state index contributed by atoms with van der Waals surface area (Å²) in [5, 5.41) is 3.46. The molecule has 4 nitrogen and oxygen atoms in total. The first kappa shape index (κ1) is 17.5. The summed E-state index contributed by atoms with van der Waals surface area (Å²) < 4.78 is 0. The second-order valence-electron chi connectivity index (χ2n) is 6.15. The molecule has 2 amide bonds. The van der Waals surface area contributed by atoms with Gasteiger partial charge in [0.05, 0.1) is 6.54 Å². The Labute approximate surface area is 152 Å². The fraction of sp³-hybridized carbons (Fsp3) is 0.300. The molecule has 0 aliphatic carbocycles. The van der Waals surface area contributed by atoms with Crippen LogP contribution >= 0.6 is 11.6 Å². The predicted molar refractivity (Wildman–Crippen MR) is 99.9 cm³/mol. The topological polar surface area (TPSA) is 49.4 Å². The van der Waals surface area contributed by atoms with Gasteiger partial charge in [-0.25, -0.2) is 0 Å². The Hall–Kier alpha value is -2.33. The van der Waals surface area contributed by atoms with Crippen molar-refractivity contribution in [1.29, 1.82) is 0 Å². The van der Waals surface area contributed by atoms with Crippen LogP contribution in [-0.2, 0) is 22.4 Å². The molecule has 130 valence electrons. The first-order valence-corrected chi connectivity index (χ1v) is 8.91. The summed E-state index contributed by atoms with van der Waals surface area (Å²) >= 11 is 6.11. The number of hydrogen-bond acceptors (Lipinski definition) is 2. The quantitative estimate of drug-likeness (QED) is 0.862. The highest BCUT2D eigenvalue weighted by Crippen LogP contribution is 2.27. The first-order valence-electron chi connectivity index (χ1n) is 8.53. The molecule has 2 aromatic carbocycles. The van der Waals surface area contributed by atoms with Crippen LogP contribution in [0.3, 0.4) is 0 Å². The molecule has 2 aromatic rings. The van der Waals surface area contributed by atoms with Gasteiger partial charge in [-0.3, -0.25) is 9.59 Å². The third-order valence-electron chi connectivity index (χ3n) is 4.43. The molecule has 0 fully saturated rings. The van der Waals surface area contributed by atoms with E-state index < -0.39 is 0 Å². The van der Waals surface area contributed by atoms with E-state index in [-0.39, 0.29) is 18.4 Å². The third-order valence-corrected chi connectivity index (χ3v) is 4.80. The number of amides is 2. The van der Waals surface area contributed by atoms with Gasteiger partial charge in [0.15, 0.2) is 0 Å². The third kappa shape index (κ3) is 4.40. The Morgan fingerprint density at radius 2 is 1.84 bits per heavy atom. The van der Waals surface area contributed by atoms with Crippen molar-refractivity contribution in [2.75, 3.05) is 18.0 Å². The van der Waals surface area contributed by atoms with Gasteiger partial charge in [0, 0.05) is 23.7 Å². The number of carbonyl (C=O) groups is 2. The van der Waals surface area contributed by atoms with Crippen molar-refractivity contribution in [3.05, 3.63) is 64.7 Å². The molecular weight excluding hydrogens is 336 g/mol. The highest BCUT2D eigenvalue weighted by atomic mass is 35.5. The maximum atomic E-state index is 12.3. The van der Waals surface area contributed by atoms with E-state index in [0.29, 0.717) is 19.4 Å². The minimum Gasteiger partial charge on any atom is -0.347 e. The molecule has 1 aliphatic heterocycles. The fourth-order valence-electron chi connectivity index (χ4n) is 3.10. The highest BCUT2D eigenvalue weighted by molar-refractivity contribution is 6.31. The molecule has 3 rings (SSSR count). The number of para-hydroxylation sites is 1. The lowest BCUT2D eigenvalue weighted by Gasteiger charge is -2.17. The number of carbonyl (C=O) groups excluding carboxylic acids is 2. The van der Waals surface area contributed by atoms with Crippen LogP contribution in [0.5, 0.6) is 0 Å². The minimum absolute atomic E-state index is 0.0409. The van der Waals surface area contributed by atoms with E-state index >= 15 is 0 Å². The van der Waals surface area contributed by atoms with Gasteiger partial charge in [-0.1, -0.05) is 48.0 Å². The van der Waals surface area contributed by atoms with Gasteiger partial charge in [0.25, 0.3) is 0 Å². The van der Waals surface area contributed by atoms with Gasteiger partial charge >= 0.3 is 0 Å². The van der Waals surface area contributed by atoms with Crippen LogP contribution in [0.25, 0.3) is 0 Å². The predicted octanol–water partition coefficient (Wildman–Crippen LogP) is 3.37. The molecular formula is C20H21ClN2O2. The van der Waals surface area contributed by atoms with Crippen molar-refractivity contribution in [1.82, 2.24) is 5.32 Å². The van der Waals surface area contributed by atoms with E-state index in [0.717, 1.165) is 29.1 Å². The number of aryl methyl sites for hydroxylation is 1. The number of fused-ring (bicyclic) bond motifs is 1. The van der Waals surface area contributed by atoms with Crippen LogP contribution in [-0.4, -0.2) is 24.9 Å². The molecule has 0 aromatic heterocycles. The molecule has 1 heterocycles. The van der Waals surface area contributed by atoms with Gasteiger partial charge in [-0.15, -0.1) is 0 Å². The summed E-state index contributed by atoms with van der Waals surface area (Å²) in [6.45, 7) is 0.722. The standard InChI is InChI=1S/C20H21ClN2O2/c21-17-9-3-1-6-15(17)8-5-11-19(24)22-14-20(25)23-13-12-16-7-2-4-10-18(16)23/h1-4,6-7,9-10H,5,8,11-14H2,(H,22,24). The van der Waals surface area contributed by atoms with Crippen molar-refractivity contribution in [3.8, 4) is 0 Å². The largest absolute Gasteiger partial charge is 0.347 e. The molecule has 0 saturated heterocycles. The zero-order chi connectivity index (χ0) is 17.6. The van der Waals surface area contributed by atoms with Crippen LogP contribution in [0.1, 0.15) is 24.0 Å². The summed E-state index contributed by atoms with van der Waals surface area (Å²) in [5.41, 5.74) is 3.18. The lowest BCUT2D eigenvalue weighted by Crippen LogP contribution is -2.39. The van der Waals surface area contributed by atoms with Crippen molar-refractivity contribution < 1.29 is 9.59 Å². The van der Waals surface area contributed by atoms with Crippen molar-refractivity contribution in [2.24, 2.45) is 0 Å². The first-order chi connectivity index (χ1) is 12.1. The van der Waals surface area contributed by atoms with Gasteiger partial charge in [-0.05, 0) is 42.5 Å². The van der Waals surface area contributed by atoms with Gasteiger partial charge in [-0.2, -0.15) is 0 Å². The fourth-order valence-corrected chi connectivity index (χ4v) is 3.33. The van der Waals surface area contributed by atoms with E-state index in [1.807, 2.05) is 48.5 Å². The van der Waals surface area contributed by atoms with E-state index in [1.165, 1.54) is 5.56 Å². The van der Waals surface area contributed by atoms with E-state index in [2.05, 4.69) is 5.32 Å². The molecule has 0 atom stereocenters. The molecule has 0 bridgehead atoms. The molecule has 1 aliphatic rings. The van der Waals surface area contributed by atoms with Crippen LogP contribution in [0.4, 0.5) is 5.69 Å². The maximum absolute atomic E-state index is 12.3. The number of hydrogen-bond donors (Lipinski definition) is 1. The van der Waals surface area contributed by atoms with Crippen LogP contribution in [0, 0.1) is 0 Å². The summed E-state index contributed by atoms with van der Waals surface area (Å²) in [5.74, 6) is -0.169. The number of nitrogens with one attached hydrogen (secondary N) is 1. The van der Waals surface area contributed by atoms with Crippen molar-refractivity contribution in [2.45, 2.75) is 25.7 Å². The number of rotatable bonds is 6. The number of anilines is 1. The Kier molecular flexibility index (Phi) is 5.71. The summed E-state index contributed by atoms with van der Waals surface area (Å²) in [7, 11) is 0. The zero-order valence-electron chi connectivity index (χ0n) is 14.0. The average Bonchev–Trinajstić information content (AvgIpc) is 3.05. The van der Waals surface area contributed by atoms with Crippen LogP contribution < -0.4 is 10.2 Å². The second kappa shape index (κ2) is 8.17. The molecule has 5 heteroatoms. The smallest absolute Gasteiger partial charge is 0.246 e. The Morgan fingerprint density at radius 3 is 2.68 bits per heavy atom. The molecule has 25 heavy (non-hydrogen) atoms. The number of nitrogens with zero attached hydrogens (tertiary/aromatic N) is 1. The number of halogens is 1. The molecule has 0 spiro atoms. The molecule has 0 saturated carbocycles. The SMILES string of the molecule is O=C(CCCc1ccccc1Cl)NCC(=O)N1CCc2ccccc21. The minimum atomic E-state index is -0.104. The normalized spacial score (nSPS) is 12.8. The Balaban J connectivity index is 1.42. The maximum Gasteiger partial charge on any atom is 0.246 e. The Morgan fingerprint density at radius 1 is 1.08 bits per heavy atom. The monoisotopic (exact) mass is 356 g/mol. The van der Waals surface area contributed by atoms with E-state index in [1.54, 1.807) is 4.90 Å². The lowest BCUT2D eigenvalue weighted by atomic mass is 10.1. The van der Waals surface area contributed by atoms with Crippen LogP contribution in [0.2, 0.25) is 5.02 Å². The van der Waals surface area contributed by atoms with Crippen molar-refractivity contribution >= 4 is 29.1 Å². The number of benzene rings is 2. The lowest BCUT2D eigenvalue weighted by molar-refractivity contribution is -0.125. The molecule has 1 N–H and O–H groups in total. The highest BCUT2D eigenvalue weighted by Gasteiger charge is 2.23. The summed E-state index contributed by atoms with van der Waals surface area (Å²) in [6, 6.07) is 15.5. The van der Waals surface area contributed by atoms with Gasteiger partial charge in [0.1, 0.15) is 0 Å². The average molecular weight is 357 g/mol. The Bertz CT molecular complexity index is 776. The summed E-state index contributed by atoms with van der Waals surface area (Å²) in [6.07, 6.45) is 2.71. The molecule has 0 radical (unpaired) electrons. The van der Waals surface area contributed by atoms with Crippen molar-refractivity contribution in [3.63, 3.8) is 0 Å². The van der Waals surface area contributed by atoms with Gasteiger partial charge in [0.2, 0.25) is 11.8 Å². The second-order valence-corrected chi connectivity index (χ2v) is 6.55. The van der Waals surface area contributed by atoms with Gasteiger partial charge < -0.3 is 10.2 Å². The zero-order valence-corrected chi connectivity index (χ0v) is 14.8. The van der Waals surface area contributed by atoms with Crippen LogP contribution in [0.15, 0.2) is 48.5 Å².